The number of aromatic nitrogens is 2. The Kier molecular flexibility index (Phi) is 3.79. The predicted octanol–water partition coefficient (Wildman–Crippen LogP) is 5.12. The second-order valence-electron chi connectivity index (χ2n) is 5.09. The van der Waals surface area contributed by atoms with Gasteiger partial charge in [0.25, 0.3) is 5.69 Å². The van der Waals surface area contributed by atoms with Crippen molar-refractivity contribution in [3.63, 3.8) is 0 Å². The van der Waals surface area contributed by atoms with Crippen LogP contribution < -0.4 is 0 Å². The summed E-state index contributed by atoms with van der Waals surface area (Å²) in [6, 6.07) is 16.6. The maximum Gasteiger partial charge on any atom is 0.269 e. The van der Waals surface area contributed by atoms with Crippen LogP contribution in [-0.2, 0) is 0 Å². The molecule has 0 amide bonds. The molecule has 7 heteroatoms. The summed E-state index contributed by atoms with van der Waals surface area (Å²) in [6.45, 7) is 0. The SMILES string of the molecule is O=[N+]([O-])c1ccc(Sc2cn3cc(-c4ccccc4)nc3s2)cc1. The molecular weight excluding hydrogens is 342 g/mol. The fourth-order valence-electron chi connectivity index (χ4n) is 2.32. The van der Waals surface area contributed by atoms with Crippen molar-refractivity contribution in [2.75, 3.05) is 0 Å². The van der Waals surface area contributed by atoms with Gasteiger partial charge in [-0.05, 0) is 12.1 Å². The van der Waals surface area contributed by atoms with Gasteiger partial charge in [-0.2, -0.15) is 0 Å². The van der Waals surface area contributed by atoms with Crippen molar-refractivity contribution in [1.29, 1.82) is 0 Å². The Labute approximate surface area is 145 Å². The van der Waals surface area contributed by atoms with Crippen LogP contribution >= 0.6 is 23.1 Å². The quantitative estimate of drug-likeness (QED) is 0.377. The average Bonchev–Trinajstić information content (AvgIpc) is 3.14. The van der Waals surface area contributed by atoms with E-state index in [1.165, 1.54) is 12.1 Å². The summed E-state index contributed by atoms with van der Waals surface area (Å²) in [5, 5.41) is 10.7. The first-order chi connectivity index (χ1) is 11.7. The van der Waals surface area contributed by atoms with E-state index >= 15 is 0 Å². The highest BCUT2D eigenvalue weighted by Gasteiger charge is 2.10. The largest absolute Gasteiger partial charge is 0.296 e. The third-order valence-electron chi connectivity index (χ3n) is 3.47. The molecule has 4 rings (SSSR count). The van der Waals surface area contributed by atoms with Crippen LogP contribution in [0.5, 0.6) is 0 Å². The molecule has 0 unspecified atom stereocenters. The number of rotatable bonds is 4. The highest BCUT2D eigenvalue weighted by Crippen LogP contribution is 2.35. The number of nitro groups is 1. The van der Waals surface area contributed by atoms with Crippen LogP contribution in [0.4, 0.5) is 5.69 Å². The second-order valence-corrected chi connectivity index (χ2v) is 7.47. The Balaban J connectivity index is 1.57. The molecule has 118 valence electrons. The molecule has 2 aromatic heterocycles. The van der Waals surface area contributed by atoms with Crippen molar-refractivity contribution in [1.82, 2.24) is 9.38 Å². The van der Waals surface area contributed by atoms with Gasteiger partial charge in [-0.1, -0.05) is 53.4 Å². The molecule has 0 aliphatic heterocycles. The Morgan fingerprint density at radius 3 is 2.46 bits per heavy atom. The smallest absolute Gasteiger partial charge is 0.269 e. The summed E-state index contributed by atoms with van der Waals surface area (Å²) >= 11 is 3.17. The molecule has 2 heterocycles. The van der Waals surface area contributed by atoms with Gasteiger partial charge in [-0.25, -0.2) is 4.98 Å². The molecule has 24 heavy (non-hydrogen) atoms. The minimum Gasteiger partial charge on any atom is -0.296 e. The van der Waals surface area contributed by atoms with Crippen LogP contribution in [0.25, 0.3) is 16.2 Å². The molecule has 4 aromatic rings. The predicted molar refractivity (Wildman–Crippen MR) is 95.7 cm³/mol. The molecule has 5 nitrogen and oxygen atoms in total. The molecular formula is C17H11N3O2S2. The average molecular weight is 353 g/mol. The number of hydrogen-bond acceptors (Lipinski definition) is 5. The normalized spacial score (nSPS) is 11.0. The van der Waals surface area contributed by atoms with E-state index in [4.69, 9.17) is 0 Å². The Hall–Kier alpha value is -2.64. The van der Waals surface area contributed by atoms with Crippen molar-refractivity contribution >= 4 is 33.7 Å². The third-order valence-corrected chi connectivity index (χ3v) is 5.58. The molecule has 0 spiro atoms. The highest BCUT2D eigenvalue weighted by atomic mass is 32.2. The molecule has 2 aromatic carbocycles. The molecule has 0 saturated heterocycles. The van der Waals surface area contributed by atoms with Crippen molar-refractivity contribution in [2.24, 2.45) is 0 Å². The summed E-state index contributed by atoms with van der Waals surface area (Å²) in [4.78, 5) is 16.9. The summed E-state index contributed by atoms with van der Waals surface area (Å²) in [7, 11) is 0. The summed E-state index contributed by atoms with van der Waals surface area (Å²) in [6.07, 6.45) is 4.05. The zero-order valence-electron chi connectivity index (χ0n) is 12.3. The Bertz CT molecular complexity index is 976. The first kappa shape index (κ1) is 14.9. The fraction of sp³-hybridized carbons (Fsp3) is 0. The van der Waals surface area contributed by atoms with Crippen LogP contribution in [0.1, 0.15) is 0 Å². The first-order valence-corrected chi connectivity index (χ1v) is 8.78. The van der Waals surface area contributed by atoms with Crippen LogP contribution in [0.15, 0.2) is 76.1 Å². The Morgan fingerprint density at radius 2 is 1.79 bits per heavy atom. The van der Waals surface area contributed by atoms with Gasteiger partial charge in [0.1, 0.15) is 0 Å². The lowest BCUT2D eigenvalue weighted by atomic mass is 10.2. The minimum atomic E-state index is -0.390. The number of imidazole rings is 1. The number of non-ortho nitro benzene ring substituents is 1. The first-order valence-electron chi connectivity index (χ1n) is 7.15. The van der Waals surface area contributed by atoms with Gasteiger partial charge in [0.15, 0.2) is 4.96 Å². The standard InChI is InChI=1S/C17H11N3O2S2/c21-20(22)13-6-8-14(9-7-13)23-16-11-19-10-15(18-17(19)24-16)12-4-2-1-3-5-12/h1-11H. The summed E-state index contributed by atoms with van der Waals surface area (Å²) < 4.78 is 3.10. The van der Waals surface area contributed by atoms with E-state index in [1.54, 1.807) is 35.2 Å². The van der Waals surface area contributed by atoms with Gasteiger partial charge in [0.05, 0.1) is 14.8 Å². The summed E-state index contributed by atoms with van der Waals surface area (Å²) in [5.41, 5.74) is 2.15. The van der Waals surface area contributed by atoms with Crippen LogP contribution in [0, 0.1) is 10.1 Å². The molecule has 0 fully saturated rings. The van der Waals surface area contributed by atoms with Crippen molar-refractivity contribution in [3.05, 3.63) is 77.1 Å². The second kappa shape index (κ2) is 6.10. The van der Waals surface area contributed by atoms with Crippen molar-refractivity contribution in [3.8, 4) is 11.3 Å². The maximum absolute atomic E-state index is 10.7. The number of benzene rings is 2. The molecule has 0 aliphatic carbocycles. The highest BCUT2D eigenvalue weighted by molar-refractivity contribution is 8.01. The van der Waals surface area contributed by atoms with E-state index in [0.717, 1.165) is 25.3 Å². The van der Waals surface area contributed by atoms with E-state index in [-0.39, 0.29) is 5.69 Å². The maximum atomic E-state index is 10.7. The molecule has 0 atom stereocenters. The van der Waals surface area contributed by atoms with E-state index < -0.39 is 4.92 Å². The lowest BCUT2D eigenvalue weighted by Crippen LogP contribution is -1.86. The number of nitro benzene ring substituents is 1. The molecule has 0 aliphatic rings. The van der Waals surface area contributed by atoms with Gasteiger partial charge in [-0.3, -0.25) is 14.5 Å². The van der Waals surface area contributed by atoms with Gasteiger partial charge in [-0.15, -0.1) is 0 Å². The van der Waals surface area contributed by atoms with Crippen LogP contribution in [0.3, 0.4) is 0 Å². The van der Waals surface area contributed by atoms with Gasteiger partial charge in [0, 0.05) is 35.0 Å². The molecule has 0 radical (unpaired) electrons. The van der Waals surface area contributed by atoms with Gasteiger partial charge >= 0.3 is 0 Å². The van der Waals surface area contributed by atoms with E-state index in [2.05, 4.69) is 4.98 Å². The number of thiazole rings is 1. The monoisotopic (exact) mass is 353 g/mol. The van der Waals surface area contributed by atoms with E-state index in [1.807, 2.05) is 47.1 Å². The van der Waals surface area contributed by atoms with Crippen molar-refractivity contribution < 1.29 is 4.92 Å². The molecule has 0 saturated carbocycles. The minimum absolute atomic E-state index is 0.104. The topological polar surface area (TPSA) is 60.4 Å². The number of hydrogen-bond donors (Lipinski definition) is 0. The zero-order chi connectivity index (χ0) is 16.5. The van der Waals surface area contributed by atoms with Crippen LogP contribution in [0.2, 0.25) is 0 Å². The molecule has 0 N–H and O–H groups in total. The zero-order valence-corrected chi connectivity index (χ0v) is 14.0. The lowest BCUT2D eigenvalue weighted by molar-refractivity contribution is -0.384. The van der Waals surface area contributed by atoms with Gasteiger partial charge in [0.2, 0.25) is 0 Å². The van der Waals surface area contributed by atoms with E-state index in [9.17, 15) is 10.1 Å². The number of nitrogens with zero attached hydrogens (tertiary/aromatic N) is 3. The lowest BCUT2D eigenvalue weighted by Gasteiger charge is -1.97. The third kappa shape index (κ3) is 2.91. The number of fused-ring (bicyclic) bond motifs is 1. The Morgan fingerprint density at radius 1 is 1.04 bits per heavy atom. The van der Waals surface area contributed by atoms with E-state index in [0.29, 0.717) is 0 Å². The van der Waals surface area contributed by atoms with Gasteiger partial charge < -0.3 is 0 Å². The molecule has 0 bridgehead atoms. The van der Waals surface area contributed by atoms with Crippen molar-refractivity contribution in [2.45, 2.75) is 9.10 Å². The fourth-order valence-corrected chi connectivity index (χ4v) is 4.37. The van der Waals surface area contributed by atoms with Crippen LogP contribution in [-0.4, -0.2) is 14.3 Å². The summed E-state index contributed by atoms with van der Waals surface area (Å²) in [5.74, 6) is 0.